The molecule has 1 unspecified atom stereocenters. The average molecular weight is 367 g/mol. The fourth-order valence-corrected chi connectivity index (χ4v) is 3.48. The number of carbonyl (C=O) groups excluding carboxylic acids is 1. The molecule has 0 bridgehead atoms. The Kier molecular flexibility index (Phi) is 6.80. The molecule has 2 heterocycles. The summed E-state index contributed by atoms with van der Waals surface area (Å²) in [6, 6.07) is 8.37. The molecule has 27 heavy (non-hydrogen) atoms. The lowest BCUT2D eigenvalue weighted by atomic mass is 9.97. The first kappa shape index (κ1) is 19.3. The van der Waals surface area contributed by atoms with Gasteiger partial charge in [0.25, 0.3) is 0 Å². The molecule has 1 aliphatic heterocycles. The molecule has 1 saturated heterocycles. The Hall–Kier alpha value is -2.43. The highest BCUT2D eigenvalue weighted by Gasteiger charge is 2.26. The Balaban J connectivity index is 1.59. The summed E-state index contributed by atoms with van der Waals surface area (Å²) < 4.78 is 0. The number of carbonyl (C=O) groups is 1. The lowest BCUT2D eigenvalue weighted by molar-refractivity contribution is -0.125. The van der Waals surface area contributed by atoms with Gasteiger partial charge in [0.05, 0.1) is 5.92 Å². The van der Waals surface area contributed by atoms with E-state index in [0.29, 0.717) is 12.5 Å². The van der Waals surface area contributed by atoms with Gasteiger partial charge in [0, 0.05) is 37.6 Å². The quantitative estimate of drug-likeness (QED) is 0.753. The number of unbranched alkanes of at least 4 members (excludes halogenated alkanes) is 2. The first-order chi connectivity index (χ1) is 13.2. The van der Waals surface area contributed by atoms with E-state index in [1.54, 1.807) is 0 Å². The third-order valence-corrected chi connectivity index (χ3v) is 5.18. The number of amides is 1. The van der Waals surface area contributed by atoms with Crippen LogP contribution in [0.3, 0.4) is 0 Å². The van der Waals surface area contributed by atoms with E-state index in [4.69, 9.17) is 0 Å². The summed E-state index contributed by atoms with van der Waals surface area (Å²) in [5.41, 5.74) is 3.37. The summed E-state index contributed by atoms with van der Waals surface area (Å²) in [5, 5.41) is 3.09. The van der Waals surface area contributed by atoms with Gasteiger partial charge in [-0.25, -0.2) is 9.97 Å². The second-order valence-electron chi connectivity index (χ2n) is 7.42. The molecule has 0 aliphatic carbocycles. The maximum atomic E-state index is 12.4. The molecule has 1 amide bonds. The maximum absolute atomic E-state index is 12.4. The first-order valence-electron chi connectivity index (χ1n) is 10.1. The molecule has 1 aromatic heterocycles. The summed E-state index contributed by atoms with van der Waals surface area (Å²) in [4.78, 5) is 23.7. The van der Waals surface area contributed by atoms with Crippen molar-refractivity contribution in [3.05, 3.63) is 42.2 Å². The number of piperidine rings is 1. The number of benzene rings is 1. The minimum Gasteiger partial charge on any atom is -0.356 e. The van der Waals surface area contributed by atoms with E-state index in [-0.39, 0.29) is 11.8 Å². The highest BCUT2D eigenvalue weighted by Crippen LogP contribution is 2.23. The summed E-state index contributed by atoms with van der Waals surface area (Å²) in [5.74, 6) is 0.919. The lowest BCUT2D eigenvalue weighted by Crippen LogP contribution is -2.43. The van der Waals surface area contributed by atoms with Crippen LogP contribution in [0.2, 0.25) is 0 Å². The molecule has 1 aliphatic rings. The van der Waals surface area contributed by atoms with Crippen molar-refractivity contribution in [1.82, 2.24) is 15.3 Å². The van der Waals surface area contributed by atoms with Crippen LogP contribution in [0.5, 0.6) is 0 Å². The van der Waals surface area contributed by atoms with Gasteiger partial charge in [-0.3, -0.25) is 4.79 Å². The van der Waals surface area contributed by atoms with Gasteiger partial charge in [0.2, 0.25) is 11.9 Å². The van der Waals surface area contributed by atoms with Crippen molar-refractivity contribution in [3.8, 4) is 11.1 Å². The van der Waals surface area contributed by atoms with Crippen LogP contribution in [0, 0.1) is 12.8 Å². The molecule has 1 aromatic carbocycles. The monoisotopic (exact) mass is 366 g/mol. The SMILES string of the molecule is CCCCCNC(=O)C1CCCN(c2ncc(-c3ccc(C)cc3)cn2)C1. The van der Waals surface area contributed by atoms with E-state index in [9.17, 15) is 4.79 Å². The number of nitrogens with one attached hydrogen (secondary N) is 1. The van der Waals surface area contributed by atoms with Crippen LogP contribution in [-0.4, -0.2) is 35.5 Å². The molecular weight excluding hydrogens is 336 g/mol. The summed E-state index contributed by atoms with van der Waals surface area (Å²) in [6.07, 6.45) is 9.08. The zero-order chi connectivity index (χ0) is 19.1. The number of hydrogen-bond donors (Lipinski definition) is 1. The van der Waals surface area contributed by atoms with Crippen LogP contribution in [0.25, 0.3) is 11.1 Å². The minimum atomic E-state index is 0.0285. The van der Waals surface area contributed by atoms with Crippen LogP contribution >= 0.6 is 0 Å². The van der Waals surface area contributed by atoms with Crippen molar-refractivity contribution >= 4 is 11.9 Å². The fraction of sp³-hybridized carbons (Fsp3) is 0.500. The normalized spacial score (nSPS) is 17.0. The van der Waals surface area contributed by atoms with Gasteiger partial charge >= 0.3 is 0 Å². The molecule has 144 valence electrons. The molecule has 0 spiro atoms. The Morgan fingerprint density at radius 3 is 2.59 bits per heavy atom. The Bertz CT molecular complexity index is 727. The van der Waals surface area contributed by atoms with Crippen LogP contribution in [0.1, 0.15) is 44.6 Å². The van der Waals surface area contributed by atoms with E-state index in [1.807, 2.05) is 12.4 Å². The largest absolute Gasteiger partial charge is 0.356 e. The summed E-state index contributed by atoms with van der Waals surface area (Å²) in [6.45, 7) is 6.64. The average Bonchev–Trinajstić information content (AvgIpc) is 2.72. The Morgan fingerprint density at radius 1 is 1.15 bits per heavy atom. The van der Waals surface area contributed by atoms with Gasteiger partial charge in [-0.1, -0.05) is 49.6 Å². The number of nitrogens with zero attached hydrogens (tertiary/aromatic N) is 3. The van der Waals surface area contributed by atoms with E-state index >= 15 is 0 Å². The van der Waals surface area contributed by atoms with E-state index < -0.39 is 0 Å². The topological polar surface area (TPSA) is 58.1 Å². The molecule has 2 aromatic rings. The standard InChI is InChI=1S/C22H30N4O/c1-3-4-5-12-23-21(27)19-7-6-13-26(16-19)22-24-14-20(15-25-22)18-10-8-17(2)9-11-18/h8-11,14-15,19H,3-7,12-13,16H2,1-2H3,(H,23,27). The predicted octanol–water partition coefficient (Wildman–Crippen LogP) is 3.97. The second kappa shape index (κ2) is 9.49. The number of aromatic nitrogens is 2. The molecular formula is C22H30N4O. The van der Waals surface area contributed by atoms with Crippen LogP contribution in [0.15, 0.2) is 36.7 Å². The molecule has 0 saturated carbocycles. The van der Waals surface area contributed by atoms with Crippen molar-refractivity contribution in [2.24, 2.45) is 5.92 Å². The van der Waals surface area contributed by atoms with Gasteiger partial charge in [0.15, 0.2) is 0 Å². The second-order valence-corrected chi connectivity index (χ2v) is 7.42. The van der Waals surface area contributed by atoms with Crippen LogP contribution in [-0.2, 0) is 4.79 Å². The van der Waals surface area contributed by atoms with Crippen LogP contribution < -0.4 is 10.2 Å². The first-order valence-corrected chi connectivity index (χ1v) is 10.1. The molecule has 0 radical (unpaired) electrons. The highest BCUT2D eigenvalue weighted by atomic mass is 16.1. The summed E-state index contributed by atoms with van der Waals surface area (Å²) in [7, 11) is 0. The van der Waals surface area contributed by atoms with Crippen molar-refractivity contribution < 1.29 is 4.79 Å². The van der Waals surface area contributed by atoms with E-state index in [1.165, 1.54) is 12.0 Å². The molecule has 1 fully saturated rings. The molecule has 5 nitrogen and oxygen atoms in total. The number of hydrogen-bond acceptors (Lipinski definition) is 4. The van der Waals surface area contributed by atoms with Gasteiger partial charge in [-0.15, -0.1) is 0 Å². The third-order valence-electron chi connectivity index (χ3n) is 5.18. The number of aryl methyl sites for hydroxylation is 1. The van der Waals surface area contributed by atoms with E-state index in [0.717, 1.165) is 49.9 Å². The summed E-state index contributed by atoms with van der Waals surface area (Å²) >= 11 is 0. The van der Waals surface area contributed by atoms with Gasteiger partial charge in [0.1, 0.15) is 0 Å². The van der Waals surface area contributed by atoms with Gasteiger partial charge in [-0.2, -0.15) is 0 Å². The maximum Gasteiger partial charge on any atom is 0.225 e. The van der Waals surface area contributed by atoms with Crippen molar-refractivity contribution in [1.29, 1.82) is 0 Å². The molecule has 1 N–H and O–H groups in total. The zero-order valence-electron chi connectivity index (χ0n) is 16.4. The minimum absolute atomic E-state index is 0.0285. The third kappa shape index (κ3) is 5.28. The van der Waals surface area contributed by atoms with Crippen molar-refractivity contribution in [2.75, 3.05) is 24.5 Å². The van der Waals surface area contributed by atoms with E-state index in [2.05, 4.69) is 58.3 Å². The predicted molar refractivity (Wildman–Crippen MR) is 110 cm³/mol. The highest BCUT2D eigenvalue weighted by molar-refractivity contribution is 5.79. The van der Waals surface area contributed by atoms with Crippen LogP contribution in [0.4, 0.5) is 5.95 Å². The fourth-order valence-electron chi connectivity index (χ4n) is 3.48. The number of rotatable bonds is 7. The zero-order valence-corrected chi connectivity index (χ0v) is 16.4. The Morgan fingerprint density at radius 2 is 1.89 bits per heavy atom. The van der Waals surface area contributed by atoms with Gasteiger partial charge in [-0.05, 0) is 31.7 Å². The van der Waals surface area contributed by atoms with Gasteiger partial charge < -0.3 is 10.2 Å². The number of anilines is 1. The van der Waals surface area contributed by atoms with Crippen molar-refractivity contribution in [2.45, 2.75) is 46.0 Å². The molecule has 1 atom stereocenters. The lowest BCUT2D eigenvalue weighted by Gasteiger charge is -2.32. The Labute approximate surface area is 162 Å². The molecule has 5 heteroatoms. The smallest absolute Gasteiger partial charge is 0.225 e. The van der Waals surface area contributed by atoms with Crippen molar-refractivity contribution in [3.63, 3.8) is 0 Å². The molecule has 3 rings (SSSR count).